The number of rotatable bonds is 3. The van der Waals surface area contributed by atoms with E-state index in [0.717, 1.165) is 16.3 Å². The first-order valence-electron chi connectivity index (χ1n) is 6.03. The Morgan fingerprint density at radius 2 is 2.00 bits per heavy atom. The van der Waals surface area contributed by atoms with Gasteiger partial charge < -0.3 is 9.72 Å². The lowest BCUT2D eigenvalue weighted by atomic mass is 10.1. The maximum atomic E-state index is 11.3. The van der Waals surface area contributed by atoms with Gasteiger partial charge >= 0.3 is 5.69 Å². The van der Waals surface area contributed by atoms with Crippen molar-refractivity contribution in [3.05, 3.63) is 46.5 Å². The van der Waals surface area contributed by atoms with E-state index in [1.165, 1.54) is 0 Å². The van der Waals surface area contributed by atoms with E-state index >= 15 is 0 Å². The monoisotopic (exact) mass is 256 g/mol. The van der Waals surface area contributed by atoms with Crippen molar-refractivity contribution in [2.24, 2.45) is 0 Å². The van der Waals surface area contributed by atoms with E-state index in [1.807, 2.05) is 30.3 Å². The first-order chi connectivity index (χ1) is 9.22. The highest BCUT2D eigenvalue weighted by atomic mass is 16.6. The number of hydrogen-bond donors (Lipinski definition) is 1. The number of hydrogen-bond acceptors (Lipinski definition) is 3. The summed E-state index contributed by atoms with van der Waals surface area (Å²) in [6.07, 6.45) is 0. The van der Waals surface area contributed by atoms with E-state index in [1.54, 1.807) is 13.0 Å². The molecule has 0 aliphatic heterocycles. The number of nitrogens with one attached hydrogen (secondary N) is 1. The van der Waals surface area contributed by atoms with Crippen molar-refractivity contribution >= 4 is 27.5 Å². The maximum Gasteiger partial charge on any atom is 0.334 e. The van der Waals surface area contributed by atoms with Crippen LogP contribution in [0.3, 0.4) is 0 Å². The summed E-state index contributed by atoms with van der Waals surface area (Å²) in [4.78, 5) is 14.0. The molecule has 0 fully saturated rings. The maximum absolute atomic E-state index is 11.3. The number of aromatic nitrogens is 1. The molecule has 1 heterocycles. The third-order valence-electron chi connectivity index (χ3n) is 3.10. The lowest BCUT2D eigenvalue weighted by Crippen LogP contribution is -1.98. The van der Waals surface area contributed by atoms with E-state index < -0.39 is 4.92 Å². The molecule has 5 heteroatoms. The van der Waals surface area contributed by atoms with Crippen LogP contribution in [0, 0.1) is 10.1 Å². The molecule has 0 amide bonds. The average molecular weight is 256 g/mol. The molecule has 3 aromatic rings. The molecule has 0 spiro atoms. The summed E-state index contributed by atoms with van der Waals surface area (Å²) in [7, 11) is 0. The minimum atomic E-state index is -0.400. The fourth-order valence-electron chi connectivity index (χ4n) is 2.34. The van der Waals surface area contributed by atoms with Gasteiger partial charge in [-0.3, -0.25) is 10.1 Å². The molecule has 0 radical (unpaired) electrons. The number of para-hydroxylation sites is 1. The molecule has 2 aromatic carbocycles. The van der Waals surface area contributed by atoms with Gasteiger partial charge in [-0.05, 0) is 25.1 Å². The summed E-state index contributed by atoms with van der Waals surface area (Å²) in [5.74, 6) is 0.298. The summed E-state index contributed by atoms with van der Waals surface area (Å²) in [5.41, 5.74) is 1.39. The van der Waals surface area contributed by atoms with Crippen molar-refractivity contribution in [1.82, 2.24) is 4.98 Å². The first-order valence-corrected chi connectivity index (χ1v) is 6.03. The quantitative estimate of drug-likeness (QED) is 0.574. The molecule has 19 heavy (non-hydrogen) atoms. The Morgan fingerprint density at radius 3 is 2.74 bits per heavy atom. The number of nitro groups is 1. The number of H-pyrrole nitrogens is 1. The van der Waals surface area contributed by atoms with Gasteiger partial charge in [-0.2, -0.15) is 0 Å². The summed E-state index contributed by atoms with van der Waals surface area (Å²) >= 11 is 0. The topological polar surface area (TPSA) is 68.2 Å². The molecule has 0 unspecified atom stereocenters. The van der Waals surface area contributed by atoms with Gasteiger partial charge in [0.15, 0.2) is 5.75 Å². The van der Waals surface area contributed by atoms with Crippen LogP contribution >= 0.6 is 0 Å². The van der Waals surface area contributed by atoms with Crippen LogP contribution in [0.4, 0.5) is 5.69 Å². The van der Waals surface area contributed by atoms with E-state index in [9.17, 15) is 10.1 Å². The van der Waals surface area contributed by atoms with Gasteiger partial charge in [0.25, 0.3) is 0 Å². The largest absolute Gasteiger partial charge is 0.487 e. The molecule has 1 aromatic heterocycles. The third-order valence-corrected chi connectivity index (χ3v) is 3.10. The number of aromatic amines is 1. The fraction of sp³-hybridized carbons (Fsp3) is 0.143. The zero-order valence-electron chi connectivity index (χ0n) is 10.3. The number of ether oxygens (including phenoxy) is 1. The summed E-state index contributed by atoms with van der Waals surface area (Å²) in [5, 5.41) is 13.1. The fourth-order valence-corrected chi connectivity index (χ4v) is 2.34. The van der Waals surface area contributed by atoms with Crippen molar-refractivity contribution < 1.29 is 9.66 Å². The van der Waals surface area contributed by atoms with Gasteiger partial charge in [-0.15, -0.1) is 0 Å². The van der Waals surface area contributed by atoms with E-state index in [4.69, 9.17) is 4.74 Å². The molecule has 0 saturated carbocycles. The van der Waals surface area contributed by atoms with Crippen molar-refractivity contribution in [3.8, 4) is 5.75 Å². The standard InChI is InChI=1S/C14H12N2O3/c1-2-19-12-8-7-10-9-5-3-4-6-11(9)15-13(10)14(12)16(17)18/h3-8,15H,2H2,1H3. The number of nitrogens with zero attached hydrogens (tertiary/aromatic N) is 1. The lowest BCUT2D eigenvalue weighted by Gasteiger charge is -2.04. The normalized spacial score (nSPS) is 11.0. The molecule has 0 aliphatic carbocycles. The lowest BCUT2D eigenvalue weighted by molar-refractivity contribution is -0.384. The van der Waals surface area contributed by atoms with Crippen LogP contribution in [0.5, 0.6) is 5.75 Å². The van der Waals surface area contributed by atoms with Crippen molar-refractivity contribution in [2.75, 3.05) is 6.61 Å². The van der Waals surface area contributed by atoms with Crippen LogP contribution in [0.25, 0.3) is 21.8 Å². The summed E-state index contributed by atoms with van der Waals surface area (Å²) < 4.78 is 5.34. The predicted molar refractivity (Wildman–Crippen MR) is 73.6 cm³/mol. The Balaban J connectivity index is 2.42. The van der Waals surface area contributed by atoms with E-state index in [0.29, 0.717) is 17.9 Å². The van der Waals surface area contributed by atoms with Gasteiger partial charge in [0.2, 0.25) is 0 Å². The first kappa shape index (κ1) is 11.5. The zero-order chi connectivity index (χ0) is 13.4. The van der Waals surface area contributed by atoms with Crippen LogP contribution < -0.4 is 4.74 Å². The van der Waals surface area contributed by atoms with Crippen molar-refractivity contribution in [3.63, 3.8) is 0 Å². The average Bonchev–Trinajstić information content (AvgIpc) is 2.76. The summed E-state index contributed by atoms with van der Waals surface area (Å²) in [6, 6.07) is 11.2. The Hall–Kier alpha value is -2.56. The molecular formula is C14H12N2O3. The second-order valence-electron chi connectivity index (χ2n) is 4.20. The second-order valence-corrected chi connectivity index (χ2v) is 4.20. The molecule has 0 aliphatic rings. The molecule has 3 rings (SSSR count). The minimum absolute atomic E-state index is 0.00412. The molecule has 0 atom stereocenters. The number of nitro benzene ring substituents is 1. The van der Waals surface area contributed by atoms with Gasteiger partial charge in [0.1, 0.15) is 5.52 Å². The molecule has 96 valence electrons. The number of benzene rings is 2. The Morgan fingerprint density at radius 1 is 1.21 bits per heavy atom. The molecule has 5 nitrogen and oxygen atoms in total. The predicted octanol–water partition coefficient (Wildman–Crippen LogP) is 3.63. The van der Waals surface area contributed by atoms with Crippen LogP contribution in [0.1, 0.15) is 6.92 Å². The second kappa shape index (κ2) is 4.28. The van der Waals surface area contributed by atoms with Crippen LogP contribution in [-0.2, 0) is 0 Å². The Bertz CT molecular complexity index is 777. The van der Waals surface area contributed by atoms with Gasteiger partial charge in [-0.25, -0.2) is 0 Å². The summed E-state index contributed by atoms with van der Waals surface area (Å²) in [6.45, 7) is 2.20. The Kier molecular flexibility index (Phi) is 2.59. The molecule has 1 N–H and O–H groups in total. The van der Waals surface area contributed by atoms with Crippen LogP contribution in [-0.4, -0.2) is 16.5 Å². The minimum Gasteiger partial charge on any atom is -0.487 e. The smallest absolute Gasteiger partial charge is 0.334 e. The van der Waals surface area contributed by atoms with Crippen LogP contribution in [0.15, 0.2) is 36.4 Å². The zero-order valence-corrected chi connectivity index (χ0v) is 10.3. The highest BCUT2D eigenvalue weighted by Gasteiger charge is 2.22. The van der Waals surface area contributed by atoms with Crippen molar-refractivity contribution in [1.29, 1.82) is 0 Å². The molecular weight excluding hydrogens is 244 g/mol. The SMILES string of the molecule is CCOc1ccc2c([nH]c3ccccc32)c1[N+](=O)[O-]. The van der Waals surface area contributed by atoms with Crippen molar-refractivity contribution in [2.45, 2.75) is 6.92 Å². The molecule has 0 bridgehead atoms. The number of fused-ring (bicyclic) bond motifs is 3. The molecule has 0 saturated heterocycles. The van der Waals surface area contributed by atoms with E-state index in [2.05, 4.69) is 4.98 Å². The van der Waals surface area contributed by atoms with Gasteiger partial charge in [-0.1, -0.05) is 18.2 Å². The highest BCUT2D eigenvalue weighted by molar-refractivity contribution is 6.10. The van der Waals surface area contributed by atoms with Crippen LogP contribution in [0.2, 0.25) is 0 Å². The van der Waals surface area contributed by atoms with Gasteiger partial charge in [0, 0.05) is 16.3 Å². The Labute approximate surface area is 109 Å². The van der Waals surface area contributed by atoms with Gasteiger partial charge in [0.05, 0.1) is 11.5 Å². The third kappa shape index (κ3) is 1.71. The van der Waals surface area contributed by atoms with E-state index in [-0.39, 0.29) is 5.69 Å². The highest BCUT2D eigenvalue weighted by Crippen LogP contribution is 2.38.